The molecule has 0 saturated heterocycles. The molecule has 0 saturated carbocycles. The minimum atomic E-state index is 0.227. The van der Waals surface area contributed by atoms with Crippen molar-refractivity contribution in [2.45, 2.75) is 32.1 Å². The van der Waals surface area contributed by atoms with Crippen LogP contribution in [0.5, 0.6) is 0 Å². The molecule has 0 radical (unpaired) electrons. The first-order chi connectivity index (χ1) is 7.00. The monoisotopic (exact) mass is 308 g/mol. The number of rotatable bonds is 4. The topological polar surface area (TPSA) is 0 Å². The zero-order chi connectivity index (χ0) is 11.4. The van der Waals surface area contributed by atoms with Crippen molar-refractivity contribution in [1.82, 2.24) is 0 Å². The van der Waals surface area contributed by atoms with Crippen LogP contribution in [0.2, 0.25) is 5.02 Å². The Kier molecular flexibility index (Phi) is 5.45. The van der Waals surface area contributed by atoms with Crippen molar-refractivity contribution in [3.8, 4) is 0 Å². The SMILES string of the molecule is CC(C)C(Cl)CCc1ccc(Br)cc1Cl. The second kappa shape index (κ2) is 6.12. The van der Waals surface area contributed by atoms with Crippen LogP contribution in [-0.4, -0.2) is 5.38 Å². The summed E-state index contributed by atoms with van der Waals surface area (Å²) in [5, 5.41) is 1.04. The highest BCUT2D eigenvalue weighted by Gasteiger charge is 2.10. The van der Waals surface area contributed by atoms with Crippen LogP contribution in [-0.2, 0) is 6.42 Å². The first-order valence-electron chi connectivity index (χ1n) is 5.08. The van der Waals surface area contributed by atoms with E-state index in [1.165, 1.54) is 5.56 Å². The van der Waals surface area contributed by atoms with Crippen LogP contribution in [0.1, 0.15) is 25.8 Å². The molecule has 0 aliphatic carbocycles. The second-order valence-corrected chi connectivity index (χ2v) is 5.92. The van der Waals surface area contributed by atoms with Gasteiger partial charge in [0.1, 0.15) is 0 Å². The van der Waals surface area contributed by atoms with E-state index in [2.05, 4.69) is 35.8 Å². The Morgan fingerprint density at radius 1 is 1.33 bits per heavy atom. The molecule has 1 aromatic rings. The Balaban J connectivity index is 2.58. The van der Waals surface area contributed by atoms with Crippen molar-refractivity contribution < 1.29 is 0 Å². The lowest BCUT2D eigenvalue weighted by Gasteiger charge is -2.13. The average Bonchev–Trinajstić information content (AvgIpc) is 2.15. The molecule has 3 heteroatoms. The third-order valence-corrected chi connectivity index (χ3v) is 4.00. The summed E-state index contributed by atoms with van der Waals surface area (Å²) < 4.78 is 1.02. The highest BCUT2D eigenvalue weighted by Crippen LogP contribution is 2.24. The second-order valence-electron chi connectivity index (χ2n) is 4.03. The van der Waals surface area contributed by atoms with E-state index in [1.807, 2.05) is 12.1 Å². The van der Waals surface area contributed by atoms with E-state index in [0.29, 0.717) is 5.92 Å². The molecule has 1 aromatic carbocycles. The molecule has 0 heterocycles. The fraction of sp³-hybridized carbons (Fsp3) is 0.500. The van der Waals surface area contributed by atoms with Gasteiger partial charge in [-0.15, -0.1) is 11.6 Å². The molecule has 1 atom stereocenters. The fourth-order valence-corrected chi connectivity index (χ4v) is 2.23. The van der Waals surface area contributed by atoms with Crippen LogP contribution in [0, 0.1) is 5.92 Å². The van der Waals surface area contributed by atoms with Crippen LogP contribution in [0.4, 0.5) is 0 Å². The van der Waals surface area contributed by atoms with Gasteiger partial charge in [0.25, 0.3) is 0 Å². The van der Waals surface area contributed by atoms with Crippen molar-refractivity contribution >= 4 is 39.1 Å². The van der Waals surface area contributed by atoms with Gasteiger partial charge in [0, 0.05) is 14.9 Å². The number of halogens is 3. The molecule has 1 unspecified atom stereocenters. The van der Waals surface area contributed by atoms with E-state index in [4.69, 9.17) is 23.2 Å². The number of hydrogen-bond acceptors (Lipinski definition) is 0. The van der Waals surface area contributed by atoms with E-state index in [1.54, 1.807) is 0 Å². The standard InChI is InChI=1S/C12H15BrCl2/c1-8(2)11(14)6-4-9-3-5-10(13)7-12(9)15/h3,5,7-8,11H,4,6H2,1-2H3. The Hall–Kier alpha value is 0.280. The first kappa shape index (κ1) is 13.3. The lowest BCUT2D eigenvalue weighted by atomic mass is 10.0. The van der Waals surface area contributed by atoms with Gasteiger partial charge in [-0.1, -0.05) is 47.4 Å². The molecule has 0 bridgehead atoms. The molecule has 0 spiro atoms. The predicted molar refractivity (Wildman–Crippen MR) is 72.0 cm³/mol. The van der Waals surface area contributed by atoms with Crippen molar-refractivity contribution in [2.24, 2.45) is 5.92 Å². The van der Waals surface area contributed by atoms with Gasteiger partial charge in [-0.05, 0) is 36.5 Å². The van der Waals surface area contributed by atoms with Crippen molar-refractivity contribution in [2.75, 3.05) is 0 Å². The van der Waals surface area contributed by atoms with Crippen molar-refractivity contribution in [3.63, 3.8) is 0 Å². The number of alkyl halides is 1. The maximum absolute atomic E-state index is 6.20. The molecule has 0 N–H and O–H groups in total. The Labute approximate surface area is 110 Å². The molecule has 84 valence electrons. The van der Waals surface area contributed by atoms with E-state index in [0.717, 1.165) is 22.3 Å². The Morgan fingerprint density at radius 2 is 2.00 bits per heavy atom. The minimum Gasteiger partial charge on any atom is -0.123 e. The predicted octanol–water partition coefficient (Wildman–Crippen LogP) is 5.30. The van der Waals surface area contributed by atoms with Gasteiger partial charge >= 0.3 is 0 Å². The van der Waals surface area contributed by atoms with Crippen LogP contribution >= 0.6 is 39.1 Å². The van der Waals surface area contributed by atoms with Gasteiger partial charge in [0.2, 0.25) is 0 Å². The highest BCUT2D eigenvalue weighted by molar-refractivity contribution is 9.10. The summed E-state index contributed by atoms with van der Waals surface area (Å²) in [4.78, 5) is 0. The molecule has 0 fully saturated rings. The third kappa shape index (κ3) is 4.34. The van der Waals surface area contributed by atoms with Gasteiger partial charge in [-0.2, -0.15) is 0 Å². The summed E-state index contributed by atoms with van der Waals surface area (Å²) in [6, 6.07) is 5.99. The average molecular weight is 310 g/mol. The van der Waals surface area contributed by atoms with Crippen LogP contribution in [0.3, 0.4) is 0 Å². The van der Waals surface area contributed by atoms with Crippen LogP contribution in [0.15, 0.2) is 22.7 Å². The molecule has 0 nitrogen and oxygen atoms in total. The highest BCUT2D eigenvalue weighted by atomic mass is 79.9. The molecular weight excluding hydrogens is 295 g/mol. The van der Waals surface area contributed by atoms with E-state index >= 15 is 0 Å². The van der Waals surface area contributed by atoms with E-state index in [-0.39, 0.29) is 5.38 Å². The van der Waals surface area contributed by atoms with Gasteiger partial charge in [0.05, 0.1) is 0 Å². The first-order valence-corrected chi connectivity index (χ1v) is 6.69. The number of hydrogen-bond donors (Lipinski definition) is 0. The zero-order valence-electron chi connectivity index (χ0n) is 8.93. The Bertz CT molecular complexity index is 323. The number of benzene rings is 1. The fourth-order valence-electron chi connectivity index (χ4n) is 1.35. The molecule has 0 aliphatic rings. The number of aryl methyl sites for hydroxylation is 1. The largest absolute Gasteiger partial charge is 0.123 e. The quantitative estimate of drug-likeness (QED) is 0.662. The normalized spacial score (nSPS) is 13.2. The molecule has 0 aromatic heterocycles. The van der Waals surface area contributed by atoms with Gasteiger partial charge in [-0.3, -0.25) is 0 Å². The van der Waals surface area contributed by atoms with E-state index < -0.39 is 0 Å². The lowest BCUT2D eigenvalue weighted by molar-refractivity contribution is 0.565. The molecule has 0 amide bonds. The summed E-state index contributed by atoms with van der Waals surface area (Å²) >= 11 is 15.7. The molecule has 1 rings (SSSR count). The smallest absolute Gasteiger partial charge is 0.0449 e. The summed E-state index contributed by atoms with van der Waals surface area (Å²) in [6.07, 6.45) is 1.92. The van der Waals surface area contributed by atoms with Gasteiger partial charge in [0.15, 0.2) is 0 Å². The zero-order valence-corrected chi connectivity index (χ0v) is 12.0. The minimum absolute atomic E-state index is 0.227. The summed E-state index contributed by atoms with van der Waals surface area (Å²) in [5.41, 5.74) is 1.17. The van der Waals surface area contributed by atoms with Gasteiger partial charge in [-0.25, -0.2) is 0 Å². The maximum Gasteiger partial charge on any atom is 0.0449 e. The summed E-state index contributed by atoms with van der Waals surface area (Å²) in [6.45, 7) is 4.28. The molecule has 15 heavy (non-hydrogen) atoms. The van der Waals surface area contributed by atoms with Crippen molar-refractivity contribution in [3.05, 3.63) is 33.3 Å². The Morgan fingerprint density at radius 3 is 2.53 bits per heavy atom. The van der Waals surface area contributed by atoms with Gasteiger partial charge < -0.3 is 0 Å². The third-order valence-electron chi connectivity index (χ3n) is 2.43. The molecule has 0 aliphatic heterocycles. The maximum atomic E-state index is 6.20. The lowest BCUT2D eigenvalue weighted by Crippen LogP contribution is -2.08. The summed E-state index contributed by atoms with van der Waals surface area (Å²) in [7, 11) is 0. The van der Waals surface area contributed by atoms with Crippen molar-refractivity contribution in [1.29, 1.82) is 0 Å². The summed E-state index contributed by atoms with van der Waals surface area (Å²) in [5.74, 6) is 0.515. The van der Waals surface area contributed by atoms with Crippen LogP contribution < -0.4 is 0 Å². The van der Waals surface area contributed by atoms with Crippen LogP contribution in [0.25, 0.3) is 0 Å². The molecular formula is C12H15BrCl2. The van der Waals surface area contributed by atoms with E-state index in [9.17, 15) is 0 Å².